The molecule has 0 bridgehead atoms. The maximum Gasteiger partial charge on any atom is 0.354 e. The van der Waals surface area contributed by atoms with Crippen molar-refractivity contribution in [3.8, 4) is 0 Å². The van der Waals surface area contributed by atoms with Crippen molar-refractivity contribution >= 4 is 23.3 Å². The minimum absolute atomic E-state index is 0.105. The molecule has 0 saturated carbocycles. The second kappa shape index (κ2) is 8.65. The molecule has 1 aliphatic heterocycles. The lowest BCUT2D eigenvalue weighted by molar-refractivity contribution is -0.135. The molecule has 1 aliphatic carbocycles. The number of ether oxygens (including phenoxy) is 1. The van der Waals surface area contributed by atoms with Crippen molar-refractivity contribution in [2.24, 2.45) is 11.0 Å². The van der Waals surface area contributed by atoms with Crippen LogP contribution in [0.25, 0.3) is 0 Å². The molecule has 0 fully saturated rings. The zero-order chi connectivity index (χ0) is 18.4. The molecule has 0 unspecified atom stereocenters. The van der Waals surface area contributed by atoms with Crippen LogP contribution in [-0.2, 0) is 14.3 Å². The summed E-state index contributed by atoms with van der Waals surface area (Å²) in [5.74, 6) is -0.0893. The van der Waals surface area contributed by atoms with Crippen molar-refractivity contribution in [1.82, 2.24) is 5.32 Å². The van der Waals surface area contributed by atoms with E-state index in [0.29, 0.717) is 12.5 Å². The summed E-state index contributed by atoms with van der Waals surface area (Å²) in [5.41, 5.74) is 1.07. The zero-order valence-corrected chi connectivity index (χ0v) is 15.1. The first-order valence-corrected chi connectivity index (χ1v) is 9.20. The van der Waals surface area contributed by atoms with E-state index in [1.807, 2.05) is 30.3 Å². The van der Waals surface area contributed by atoms with Crippen LogP contribution in [0.5, 0.6) is 0 Å². The van der Waals surface area contributed by atoms with Crippen molar-refractivity contribution in [3.63, 3.8) is 0 Å². The topological polar surface area (TPSA) is 71.0 Å². The Balaban J connectivity index is 1.70. The van der Waals surface area contributed by atoms with Gasteiger partial charge < -0.3 is 10.1 Å². The Labute approximate surface area is 153 Å². The van der Waals surface area contributed by atoms with Crippen molar-refractivity contribution < 1.29 is 14.3 Å². The molecule has 0 aromatic heterocycles. The average Bonchev–Trinajstić information content (AvgIpc) is 3.13. The van der Waals surface area contributed by atoms with E-state index in [1.54, 1.807) is 11.9 Å². The Kier molecular flexibility index (Phi) is 6.04. The van der Waals surface area contributed by atoms with Gasteiger partial charge in [0.15, 0.2) is 0 Å². The van der Waals surface area contributed by atoms with Gasteiger partial charge in [0.1, 0.15) is 11.8 Å². The molecular formula is C20H25N3O3. The fourth-order valence-electron chi connectivity index (χ4n) is 3.28. The summed E-state index contributed by atoms with van der Waals surface area (Å²) in [6, 6.07) is 8.90. The van der Waals surface area contributed by atoms with Gasteiger partial charge in [-0.05, 0) is 44.2 Å². The number of hydrogen-bond acceptors (Lipinski definition) is 5. The maximum absolute atomic E-state index is 12.8. The molecule has 1 aromatic carbocycles. The average molecular weight is 355 g/mol. The highest BCUT2D eigenvalue weighted by molar-refractivity contribution is 6.38. The summed E-state index contributed by atoms with van der Waals surface area (Å²) < 4.78 is 5.06. The van der Waals surface area contributed by atoms with E-state index in [2.05, 4.69) is 22.6 Å². The third-order valence-electron chi connectivity index (χ3n) is 4.69. The number of carbonyl (C=O) groups excluding carboxylic acids is 2. The van der Waals surface area contributed by atoms with Gasteiger partial charge in [-0.2, -0.15) is 5.10 Å². The Morgan fingerprint density at radius 3 is 2.77 bits per heavy atom. The molecule has 2 aliphatic rings. The number of benzene rings is 1. The van der Waals surface area contributed by atoms with Gasteiger partial charge >= 0.3 is 5.97 Å². The molecular weight excluding hydrogens is 330 g/mol. The number of rotatable bonds is 6. The number of hydrazone groups is 1. The van der Waals surface area contributed by atoms with Gasteiger partial charge in [0, 0.05) is 13.0 Å². The normalized spacial score (nSPS) is 22.0. The number of hydrogen-bond donors (Lipinski definition) is 1. The second-order valence-electron chi connectivity index (χ2n) is 6.56. The molecule has 138 valence electrons. The highest BCUT2D eigenvalue weighted by Crippen LogP contribution is 2.25. The quantitative estimate of drug-likeness (QED) is 0.629. The summed E-state index contributed by atoms with van der Waals surface area (Å²) in [5, 5.41) is 9.05. The zero-order valence-electron chi connectivity index (χ0n) is 15.1. The van der Waals surface area contributed by atoms with E-state index in [4.69, 9.17) is 4.74 Å². The summed E-state index contributed by atoms with van der Waals surface area (Å²) in [4.78, 5) is 24.9. The molecule has 1 N–H and O–H groups in total. The van der Waals surface area contributed by atoms with Gasteiger partial charge in [-0.1, -0.05) is 30.4 Å². The first-order valence-electron chi connectivity index (χ1n) is 9.20. The molecule has 1 amide bonds. The van der Waals surface area contributed by atoms with Crippen LogP contribution >= 0.6 is 0 Å². The maximum atomic E-state index is 12.8. The molecule has 1 heterocycles. The summed E-state index contributed by atoms with van der Waals surface area (Å²) in [6.07, 6.45) is 7.77. The van der Waals surface area contributed by atoms with E-state index < -0.39 is 12.0 Å². The number of allylic oxidation sites excluding steroid dienone is 2. The largest absolute Gasteiger partial charge is 0.461 e. The number of nitrogens with zero attached hydrogens (tertiary/aromatic N) is 2. The van der Waals surface area contributed by atoms with Crippen LogP contribution in [0.15, 0.2) is 47.6 Å². The molecule has 6 nitrogen and oxygen atoms in total. The van der Waals surface area contributed by atoms with Crippen molar-refractivity contribution in [3.05, 3.63) is 42.5 Å². The van der Waals surface area contributed by atoms with Crippen LogP contribution in [0, 0.1) is 5.92 Å². The number of esters is 1. The summed E-state index contributed by atoms with van der Waals surface area (Å²) in [6.45, 7) is 2.69. The summed E-state index contributed by atoms with van der Waals surface area (Å²) in [7, 11) is 0. The van der Waals surface area contributed by atoms with Crippen LogP contribution < -0.4 is 10.3 Å². The number of para-hydroxylation sites is 1. The summed E-state index contributed by atoms with van der Waals surface area (Å²) >= 11 is 0. The Hall–Kier alpha value is -2.63. The highest BCUT2D eigenvalue weighted by atomic mass is 16.5. The first kappa shape index (κ1) is 18.2. The third kappa shape index (κ3) is 4.31. The van der Waals surface area contributed by atoms with Crippen molar-refractivity contribution in [1.29, 1.82) is 0 Å². The van der Waals surface area contributed by atoms with Crippen LogP contribution in [0.1, 0.15) is 32.6 Å². The SMILES string of the molecule is CCOC(=O)C1=NN(c2ccccc2)[C@@H](C(=O)NC[C@@H]2CC=CCC2)C1. The minimum Gasteiger partial charge on any atom is -0.461 e. The Morgan fingerprint density at radius 2 is 2.08 bits per heavy atom. The fourth-order valence-corrected chi connectivity index (χ4v) is 3.28. The highest BCUT2D eigenvalue weighted by Gasteiger charge is 2.36. The van der Waals surface area contributed by atoms with Gasteiger partial charge in [-0.25, -0.2) is 4.79 Å². The molecule has 6 heteroatoms. The van der Waals surface area contributed by atoms with Crippen LogP contribution in [0.2, 0.25) is 0 Å². The Bertz CT molecular complexity index is 700. The van der Waals surface area contributed by atoms with Crippen LogP contribution in [0.3, 0.4) is 0 Å². The van der Waals surface area contributed by atoms with Gasteiger partial charge in [0.2, 0.25) is 5.91 Å². The third-order valence-corrected chi connectivity index (χ3v) is 4.69. The molecule has 2 atom stereocenters. The van der Waals surface area contributed by atoms with E-state index in [-0.39, 0.29) is 24.6 Å². The van der Waals surface area contributed by atoms with Crippen molar-refractivity contribution in [2.75, 3.05) is 18.2 Å². The molecule has 0 saturated heterocycles. The van der Waals surface area contributed by atoms with E-state index in [9.17, 15) is 9.59 Å². The van der Waals surface area contributed by atoms with E-state index >= 15 is 0 Å². The number of anilines is 1. The van der Waals surface area contributed by atoms with Gasteiger partial charge in [0.05, 0.1) is 12.3 Å². The fraction of sp³-hybridized carbons (Fsp3) is 0.450. The predicted molar refractivity (Wildman–Crippen MR) is 101 cm³/mol. The van der Waals surface area contributed by atoms with Crippen molar-refractivity contribution in [2.45, 2.75) is 38.6 Å². The predicted octanol–water partition coefficient (Wildman–Crippen LogP) is 2.66. The van der Waals surface area contributed by atoms with E-state index in [1.165, 1.54) is 0 Å². The van der Waals surface area contributed by atoms with Gasteiger partial charge in [0.25, 0.3) is 0 Å². The van der Waals surface area contributed by atoms with Gasteiger partial charge in [-0.3, -0.25) is 9.80 Å². The molecule has 1 aromatic rings. The minimum atomic E-state index is -0.532. The molecule has 3 rings (SSSR count). The lowest BCUT2D eigenvalue weighted by Gasteiger charge is -2.24. The molecule has 0 radical (unpaired) electrons. The first-order chi connectivity index (χ1) is 12.7. The monoisotopic (exact) mass is 355 g/mol. The van der Waals surface area contributed by atoms with E-state index in [0.717, 1.165) is 24.9 Å². The van der Waals surface area contributed by atoms with Gasteiger partial charge in [-0.15, -0.1) is 0 Å². The molecule has 26 heavy (non-hydrogen) atoms. The van der Waals surface area contributed by atoms with Crippen LogP contribution in [-0.4, -0.2) is 36.8 Å². The number of carbonyl (C=O) groups is 2. The lowest BCUT2D eigenvalue weighted by Crippen LogP contribution is -2.44. The Morgan fingerprint density at radius 1 is 1.27 bits per heavy atom. The smallest absolute Gasteiger partial charge is 0.354 e. The second-order valence-corrected chi connectivity index (χ2v) is 6.56. The lowest BCUT2D eigenvalue weighted by atomic mass is 9.94. The standard InChI is InChI=1S/C20H25N3O3/c1-2-26-20(25)17-13-18(23(22-17)16-11-7-4-8-12-16)19(24)21-14-15-9-5-3-6-10-15/h3-5,7-8,11-12,15,18H,2,6,9-10,13-14H2,1H3,(H,21,24)/t15-,18-/m1/s1. The molecule has 0 spiro atoms. The van der Waals surface area contributed by atoms with Crippen LogP contribution in [0.4, 0.5) is 5.69 Å². The number of amides is 1. The number of nitrogens with one attached hydrogen (secondary N) is 1.